The lowest BCUT2D eigenvalue weighted by atomic mass is 10.1. The maximum atomic E-state index is 12.5. The molecular formula is C23H27BrN4O2S. The van der Waals surface area contributed by atoms with Gasteiger partial charge >= 0.3 is 0 Å². The van der Waals surface area contributed by atoms with Gasteiger partial charge in [-0.15, -0.1) is 10.2 Å². The van der Waals surface area contributed by atoms with Crippen molar-refractivity contribution in [3.63, 3.8) is 0 Å². The van der Waals surface area contributed by atoms with Crippen molar-refractivity contribution in [3.8, 4) is 5.75 Å². The van der Waals surface area contributed by atoms with E-state index in [4.69, 9.17) is 4.74 Å². The molecule has 0 fully saturated rings. The van der Waals surface area contributed by atoms with Crippen molar-refractivity contribution in [1.29, 1.82) is 0 Å². The molecule has 1 aromatic heterocycles. The van der Waals surface area contributed by atoms with Gasteiger partial charge in [-0.25, -0.2) is 0 Å². The van der Waals surface area contributed by atoms with Gasteiger partial charge in [0.2, 0.25) is 5.91 Å². The molecule has 0 aliphatic carbocycles. The predicted octanol–water partition coefficient (Wildman–Crippen LogP) is 5.60. The summed E-state index contributed by atoms with van der Waals surface area (Å²) < 4.78 is 8.83. The van der Waals surface area contributed by atoms with Gasteiger partial charge in [-0.05, 0) is 91.0 Å². The van der Waals surface area contributed by atoms with E-state index in [2.05, 4.69) is 44.4 Å². The van der Waals surface area contributed by atoms with E-state index in [9.17, 15) is 4.79 Å². The maximum Gasteiger partial charge on any atom is 0.234 e. The fraction of sp³-hybridized carbons (Fsp3) is 0.348. The van der Waals surface area contributed by atoms with Gasteiger partial charge in [0.15, 0.2) is 11.0 Å². The first kappa shape index (κ1) is 23.3. The zero-order valence-electron chi connectivity index (χ0n) is 18.5. The van der Waals surface area contributed by atoms with Crippen molar-refractivity contribution in [2.24, 2.45) is 0 Å². The maximum absolute atomic E-state index is 12.5. The third-order valence-electron chi connectivity index (χ3n) is 5.21. The second kappa shape index (κ2) is 10.3. The smallest absolute Gasteiger partial charge is 0.234 e. The number of hydrogen-bond donors (Lipinski definition) is 1. The Morgan fingerprint density at radius 3 is 2.61 bits per heavy atom. The van der Waals surface area contributed by atoms with Crippen LogP contribution in [0.4, 0.5) is 5.69 Å². The molecule has 1 heterocycles. The number of benzene rings is 2. The summed E-state index contributed by atoms with van der Waals surface area (Å²) in [7, 11) is 0. The molecule has 0 saturated carbocycles. The molecule has 0 aliphatic rings. The van der Waals surface area contributed by atoms with Crippen LogP contribution in [0.1, 0.15) is 35.0 Å². The highest BCUT2D eigenvalue weighted by Crippen LogP contribution is 2.27. The molecule has 0 radical (unpaired) electrons. The Morgan fingerprint density at radius 1 is 1.13 bits per heavy atom. The zero-order valence-corrected chi connectivity index (χ0v) is 20.9. The number of halogens is 1. The summed E-state index contributed by atoms with van der Waals surface area (Å²) in [5.74, 6) is 1.74. The number of anilines is 1. The van der Waals surface area contributed by atoms with Gasteiger partial charge in [-0.2, -0.15) is 0 Å². The Kier molecular flexibility index (Phi) is 7.78. The first-order valence-electron chi connectivity index (χ1n) is 10.1. The third-order valence-corrected chi connectivity index (χ3v) is 6.83. The predicted molar refractivity (Wildman–Crippen MR) is 129 cm³/mol. The lowest BCUT2D eigenvalue weighted by molar-refractivity contribution is -0.113. The van der Waals surface area contributed by atoms with Gasteiger partial charge in [0.25, 0.3) is 0 Å². The number of thioether (sulfide) groups is 1. The Labute approximate surface area is 195 Å². The van der Waals surface area contributed by atoms with Gasteiger partial charge in [0.05, 0.1) is 11.4 Å². The lowest BCUT2D eigenvalue weighted by Gasteiger charge is -2.12. The lowest BCUT2D eigenvalue weighted by Crippen LogP contribution is -2.15. The van der Waals surface area contributed by atoms with Gasteiger partial charge in [-0.1, -0.05) is 23.9 Å². The Hall–Kier alpha value is -2.32. The zero-order chi connectivity index (χ0) is 22.5. The number of aryl methyl sites for hydroxylation is 3. The van der Waals surface area contributed by atoms with Crippen molar-refractivity contribution in [2.45, 2.75) is 52.9 Å². The fourth-order valence-corrected chi connectivity index (χ4v) is 4.44. The molecule has 8 heteroatoms. The van der Waals surface area contributed by atoms with E-state index in [0.717, 1.165) is 32.9 Å². The number of nitrogens with one attached hydrogen (secondary N) is 1. The molecule has 0 unspecified atom stereocenters. The van der Waals surface area contributed by atoms with E-state index >= 15 is 0 Å². The molecule has 3 aromatic rings. The van der Waals surface area contributed by atoms with Gasteiger partial charge in [0, 0.05) is 11.0 Å². The summed E-state index contributed by atoms with van der Waals surface area (Å²) in [6.07, 6.45) is 0. The molecule has 0 bridgehead atoms. The quantitative estimate of drug-likeness (QED) is 0.405. The topological polar surface area (TPSA) is 69.0 Å². The van der Waals surface area contributed by atoms with Crippen LogP contribution in [-0.2, 0) is 17.9 Å². The highest BCUT2D eigenvalue weighted by molar-refractivity contribution is 9.10. The summed E-state index contributed by atoms with van der Waals surface area (Å²) in [6, 6.07) is 9.98. The van der Waals surface area contributed by atoms with Crippen molar-refractivity contribution in [3.05, 3.63) is 62.9 Å². The molecule has 3 rings (SSSR count). The summed E-state index contributed by atoms with van der Waals surface area (Å²) in [5, 5.41) is 12.2. The van der Waals surface area contributed by atoms with E-state index < -0.39 is 0 Å². The van der Waals surface area contributed by atoms with E-state index in [-0.39, 0.29) is 11.7 Å². The normalized spacial score (nSPS) is 10.9. The Bertz CT molecular complexity index is 1100. The van der Waals surface area contributed by atoms with Gasteiger partial charge in [-0.3, -0.25) is 4.79 Å². The SMILES string of the molecule is CCn1c(COc2cccc(C)c2C)nnc1SCC(=O)Nc1cc(C)c(C)cc1Br. The molecule has 1 N–H and O–H groups in total. The second-order valence-electron chi connectivity index (χ2n) is 7.38. The summed E-state index contributed by atoms with van der Waals surface area (Å²) >= 11 is 4.88. The first-order chi connectivity index (χ1) is 14.8. The van der Waals surface area contributed by atoms with Crippen molar-refractivity contribution < 1.29 is 9.53 Å². The number of hydrogen-bond acceptors (Lipinski definition) is 5. The van der Waals surface area contributed by atoms with Gasteiger partial charge < -0.3 is 14.6 Å². The van der Waals surface area contributed by atoms with Crippen LogP contribution in [0.3, 0.4) is 0 Å². The third kappa shape index (κ3) is 5.68. The van der Waals surface area contributed by atoms with E-state index in [1.165, 1.54) is 22.9 Å². The number of aromatic nitrogens is 3. The molecular weight excluding hydrogens is 476 g/mol. The van der Waals surface area contributed by atoms with Crippen LogP contribution in [0, 0.1) is 27.7 Å². The Balaban J connectivity index is 1.62. The van der Waals surface area contributed by atoms with Crippen LogP contribution in [0.2, 0.25) is 0 Å². The summed E-state index contributed by atoms with van der Waals surface area (Å²) in [6.45, 7) is 11.2. The van der Waals surface area contributed by atoms with Crippen LogP contribution < -0.4 is 10.1 Å². The molecule has 0 atom stereocenters. The summed E-state index contributed by atoms with van der Waals surface area (Å²) in [4.78, 5) is 12.5. The van der Waals surface area contributed by atoms with Crippen LogP contribution in [0.15, 0.2) is 40.0 Å². The van der Waals surface area contributed by atoms with Crippen molar-refractivity contribution in [2.75, 3.05) is 11.1 Å². The minimum Gasteiger partial charge on any atom is -0.485 e. The number of ether oxygens (including phenoxy) is 1. The van der Waals surface area contributed by atoms with E-state index in [1.54, 1.807) is 0 Å². The number of carbonyl (C=O) groups excluding carboxylic acids is 1. The molecule has 2 aromatic carbocycles. The van der Waals surface area contributed by atoms with E-state index in [1.807, 2.05) is 56.5 Å². The van der Waals surface area contributed by atoms with Crippen LogP contribution in [0.25, 0.3) is 0 Å². The molecule has 0 aliphatic heterocycles. The minimum absolute atomic E-state index is 0.0900. The van der Waals surface area contributed by atoms with Crippen LogP contribution in [0.5, 0.6) is 5.75 Å². The standard InChI is InChI=1S/C23H27BrN4O2S/c1-6-28-21(12-30-20-9-7-8-14(2)17(20)5)26-27-23(28)31-13-22(29)25-19-11-16(4)15(3)10-18(19)24/h7-11H,6,12-13H2,1-5H3,(H,25,29). The monoisotopic (exact) mass is 502 g/mol. The number of rotatable bonds is 8. The first-order valence-corrected chi connectivity index (χ1v) is 11.9. The highest BCUT2D eigenvalue weighted by atomic mass is 79.9. The molecule has 1 amide bonds. The number of amides is 1. The Morgan fingerprint density at radius 2 is 1.87 bits per heavy atom. The number of nitrogens with zero attached hydrogens (tertiary/aromatic N) is 3. The van der Waals surface area contributed by atoms with Crippen molar-refractivity contribution in [1.82, 2.24) is 14.8 Å². The van der Waals surface area contributed by atoms with Crippen LogP contribution >= 0.6 is 27.7 Å². The van der Waals surface area contributed by atoms with Crippen LogP contribution in [-0.4, -0.2) is 26.4 Å². The highest BCUT2D eigenvalue weighted by Gasteiger charge is 2.15. The molecule has 0 spiro atoms. The second-order valence-corrected chi connectivity index (χ2v) is 9.18. The largest absolute Gasteiger partial charge is 0.485 e. The molecule has 31 heavy (non-hydrogen) atoms. The van der Waals surface area contributed by atoms with E-state index in [0.29, 0.717) is 18.3 Å². The average Bonchev–Trinajstić information content (AvgIpc) is 3.13. The number of carbonyl (C=O) groups is 1. The average molecular weight is 503 g/mol. The fourth-order valence-electron chi connectivity index (χ4n) is 3.07. The molecule has 164 valence electrons. The van der Waals surface area contributed by atoms with Gasteiger partial charge in [0.1, 0.15) is 12.4 Å². The molecule has 6 nitrogen and oxygen atoms in total. The molecule has 0 saturated heterocycles. The van der Waals surface area contributed by atoms with Crippen molar-refractivity contribution >= 4 is 39.3 Å². The minimum atomic E-state index is -0.0900. The summed E-state index contributed by atoms with van der Waals surface area (Å²) in [5.41, 5.74) is 5.38.